The second-order valence-corrected chi connectivity index (χ2v) is 5.19. The smallest absolute Gasteiger partial charge is 0.327 e. The minimum atomic E-state index is -1.09. The summed E-state index contributed by atoms with van der Waals surface area (Å²) >= 11 is 7.03. The third kappa shape index (κ3) is 2.44. The first kappa shape index (κ1) is 13.2. The minimum Gasteiger partial charge on any atom is -0.480 e. The summed E-state index contributed by atoms with van der Waals surface area (Å²) in [4.78, 5) is 24.2. The highest BCUT2D eigenvalue weighted by Gasteiger charge is 2.35. The van der Waals surface area contributed by atoms with Crippen molar-refractivity contribution in [3.63, 3.8) is 0 Å². The molecule has 2 rings (SSSR count). The quantitative estimate of drug-likeness (QED) is 0.905. The number of hydrogen-bond donors (Lipinski definition) is 1. The summed E-state index contributed by atoms with van der Waals surface area (Å²) in [6.07, 6.45) is 0. The van der Waals surface area contributed by atoms with Gasteiger partial charge in [-0.2, -0.15) is 0 Å². The number of carbonyl (C=O) groups excluding carboxylic acids is 1. The van der Waals surface area contributed by atoms with E-state index in [-0.39, 0.29) is 16.5 Å². The second kappa shape index (κ2) is 5.16. The molecule has 0 unspecified atom stereocenters. The Labute approximate surface area is 112 Å². The molecule has 0 aromatic heterocycles. The number of thioether (sulfide) groups is 1. The van der Waals surface area contributed by atoms with E-state index < -0.39 is 23.7 Å². The number of carbonyl (C=O) groups is 2. The molecule has 0 radical (unpaired) electrons. The van der Waals surface area contributed by atoms with Crippen LogP contribution in [0.15, 0.2) is 18.2 Å². The van der Waals surface area contributed by atoms with E-state index in [4.69, 9.17) is 16.7 Å². The summed E-state index contributed by atoms with van der Waals surface area (Å²) in [6, 6.07) is 2.72. The van der Waals surface area contributed by atoms with Crippen LogP contribution in [0.4, 0.5) is 4.39 Å². The molecule has 1 N–H and O–H groups in total. The monoisotopic (exact) mass is 289 g/mol. The van der Waals surface area contributed by atoms with Crippen molar-refractivity contribution in [2.45, 2.75) is 6.04 Å². The van der Waals surface area contributed by atoms with E-state index in [1.165, 1.54) is 23.9 Å². The largest absolute Gasteiger partial charge is 0.480 e. The second-order valence-electron chi connectivity index (χ2n) is 3.75. The first-order valence-corrected chi connectivity index (χ1v) is 6.60. The Morgan fingerprint density at radius 1 is 1.50 bits per heavy atom. The summed E-state index contributed by atoms with van der Waals surface area (Å²) in [5, 5.41) is 9.21. The summed E-state index contributed by atoms with van der Waals surface area (Å²) in [7, 11) is 0. The lowest BCUT2D eigenvalue weighted by molar-refractivity contribution is -0.140. The molecular formula is C11H9ClFNO3S. The van der Waals surface area contributed by atoms with Crippen molar-refractivity contribution in [1.29, 1.82) is 0 Å². The summed E-state index contributed by atoms with van der Waals surface area (Å²) in [6.45, 7) is 0. The lowest BCUT2D eigenvalue weighted by Gasteiger charge is -2.20. The maximum absolute atomic E-state index is 13.5. The number of halogens is 2. The van der Waals surface area contributed by atoms with Crippen LogP contribution in [0.3, 0.4) is 0 Å². The summed E-state index contributed by atoms with van der Waals surface area (Å²) < 4.78 is 13.5. The van der Waals surface area contributed by atoms with Gasteiger partial charge in [-0.3, -0.25) is 4.79 Å². The maximum atomic E-state index is 13.5. The summed E-state index contributed by atoms with van der Waals surface area (Å²) in [5.74, 6) is -1.89. The standard InChI is InChI=1S/C11H9ClFNO3S/c12-6-1-2-8(13)7(3-6)10(15)14-5-18-4-9(14)11(16)17/h1-3,9H,4-5H2,(H,16,17)/t9-/m0/s1. The van der Waals surface area contributed by atoms with Crippen molar-refractivity contribution in [2.75, 3.05) is 11.6 Å². The highest BCUT2D eigenvalue weighted by molar-refractivity contribution is 7.99. The Kier molecular flexibility index (Phi) is 3.77. The van der Waals surface area contributed by atoms with Gasteiger partial charge in [0, 0.05) is 10.8 Å². The zero-order valence-electron chi connectivity index (χ0n) is 9.10. The van der Waals surface area contributed by atoms with Crippen molar-refractivity contribution < 1.29 is 19.1 Å². The van der Waals surface area contributed by atoms with E-state index in [1.54, 1.807) is 0 Å². The molecule has 18 heavy (non-hydrogen) atoms. The van der Waals surface area contributed by atoms with E-state index in [0.717, 1.165) is 11.0 Å². The Balaban J connectivity index is 2.31. The first-order valence-electron chi connectivity index (χ1n) is 5.07. The Hall–Kier alpha value is -1.27. The first-order chi connectivity index (χ1) is 8.50. The number of carboxylic acid groups (broad SMARTS) is 1. The van der Waals surface area contributed by atoms with Gasteiger partial charge in [-0.15, -0.1) is 11.8 Å². The molecule has 1 atom stereocenters. The molecular weight excluding hydrogens is 281 g/mol. The maximum Gasteiger partial charge on any atom is 0.327 e. The van der Waals surface area contributed by atoms with Crippen molar-refractivity contribution in [3.8, 4) is 0 Å². The lowest BCUT2D eigenvalue weighted by Crippen LogP contribution is -2.42. The number of carboxylic acids is 1. The van der Waals surface area contributed by atoms with Crippen molar-refractivity contribution in [1.82, 2.24) is 4.90 Å². The number of rotatable bonds is 2. The zero-order valence-corrected chi connectivity index (χ0v) is 10.7. The van der Waals surface area contributed by atoms with Gasteiger partial charge in [-0.25, -0.2) is 9.18 Å². The zero-order chi connectivity index (χ0) is 13.3. The molecule has 1 aliphatic rings. The number of aliphatic carboxylic acids is 1. The van der Waals surface area contributed by atoms with Gasteiger partial charge in [0.25, 0.3) is 5.91 Å². The lowest BCUT2D eigenvalue weighted by atomic mass is 10.1. The van der Waals surface area contributed by atoms with Crippen LogP contribution in [-0.2, 0) is 4.79 Å². The van der Waals surface area contributed by atoms with Crippen LogP contribution in [0.5, 0.6) is 0 Å². The molecule has 1 heterocycles. The third-order valence-corrected chi connectivity index (χ3v) is 3.83. The molecule has 0 bridgehead atoms. The number of benzene rings is 1. The average Bonchev–Trinajstić information content (AvgIpc) is 2.80. The van der Waals surface area contributed by atoms with Gasteiger partial charge in [-0.05, 0) is 18.2 Å². The molecule has 0 spiro atoms. The fourth-order valence-corrected chi connectivity index (χ4v) is 2.98. The Morgan fingerprint density at radius 3 is 2.89 bits per heavy atom. The predicted molar refractivity (Wildman–Crippen MR) is 66.3 cm³/mol. The fourth-order valence-electron chi connectivity index (χ4n) is 1.66. The molecule has 1 aromatic rings. The number of nitrogens with zero attached hydrogens (tertiary/aromatic N) is 1. The molecule has 4 nitrogen and oxygen atoms in total. The number of hydrogen-bond acceptors (Lipinski definition) is 3. The van der Waals surface area contributed by atoms with Gasteiger partial charge in [-0.1, -0.05) is 11.6 Å². The van der Waals surface area contributed by atoms with Crippen LogP contribution in [0.25, 0.3) is 0 Å². The molecule has 7 heteroatoms. The van der Waals surface area contributed by atoms with Crippen LogP contribution in [0.2, 0.25) is 5.02 Å². The van der Waals surface area contributed by atoms with Crippen LogP contribution in [-0.4, -0.2) is 39.6 Å². The molecule has 1 aliphatic heterocycles. The van der Waals surface area contributed by atoms with E-state index in [9.17, 15) is 14.0 Å². The van der Waals surface area contributed by atoms with Crippen molar-refractivity contribution in [2.24, 2.45) is 0 Å². The van der Waals surface area contributed by atoms with Crippen LogP contribution in [0.1, 0.15) is 10.4 Å². The van der Waals surface area contributed by atoms with Gasteiger partial charge < -0.3 is 10.0 Å². The summed E-state index contributed by atoms with van der Waals surface area (Å²) in [5.41, 5.74) is -0.198. The third-order valence-electron chi connectivity index (χ3n) is 2.59. The molecule has 0 aliphatic carbocycles. The van der Waals surface area contributed by atoms with Gasteiger partial charge >= 0.3 is 5.97 Å². The molecule has 1 saturated heterocycles. The highest BCUT2D eigenvalue weighted by Crippen LogP contribution is 2.25. The topological polar surface area (TPSA) is 57.6 Å². The van der Waals surface area contributed by atoms with E-state index in [2.05, 4.69) is 0 Å². The normalized spacial score (nSPS) is 19.0. The van der Waals surface area contributed by atoms with E-state index in [0.29, 0.717) is 5.75 Å². The molecule has 1 amide bonds. The Morgan fingerprint density at radius 2 is 2.22 bits per heavy atom. The molecule has 1 fully saturated rings. The molecule has 0 saturated carbocycles. The number of amides is 1. The van der Waals surface area contributed by atoms with Crippen LogP contribution >= 0.6 is 23.4 Å². The van der Waals surface area contributed by atoms with Crippen LogP contribution in [0, 0.1) is 5.82 Å². The molecule has 1 aromatic carbocycles. The predicted octanol–water partition coefficient (Wildman–Crippen LogP) is 2.08. The van der Waals surface area contributed by atoms with Gasteiger partial charge in [0.15, 0.2) is 0 Å². The average molecular weight is 290 g/mol. The SMILES string of the molecule is O=C(O)[C@@H]1CSCN1C(=O)c1cc(Cl)ccc1F. The van der Waals surface area contributed by atoms with Gasteiger partial charge in [0.05, 0.1) is 11.4 Å². The van der Waals surface area contributed by atoms with E-state index >= 15 is 0 Å². The van der Waals surface area contributed by atoms with Crippen molar-refractivity contribution in [3.05, 3.63) is 34.6 Å². The minimum absolute atomic E-state index is 0.198. The highest BCUT2D eigenvalue weighted by atomic mass is 35.5. The van der Waals surface area contributed by atoms with Crippen LogP contribution < -0.4 is 0 Å². The van der Waals surface area contributed by atoms with Gasteiger partial charge in [0.2, 0.25) is 0 Å². The molecule has 96 valence electrons. The van der Waals surface area contributed by atoms with E-state index in [1.807, 2.05) is 0 Å². The van der Waals surface area contributed by atoms with Crippen molar-refractivity contribution >= 4 is 35.2 Å². The Bertz CT molecular complexity index is 511. The fraction of sp³-hybridized carbons (Fsp3) is 0.273. The van der Waals surface area contributed by atoms with Gasteiger partial charge in [0.1, 0.15) is 11.9 Å².